The molecule has 2 amide bonds. The van der Waals surface area contributed by atoms with Crippen molar-refractivity contribution in [2.75, 3.05) is 6.54 Å². The molecular weight excluding hydrogens is 664 g/mol. The fourth-order valence-corrected chi connectivity index (χ4v) is 8.77. The summed E-state index contributed by atoms with van der Waals surface area (Å²) in [6.45, 7) is 5.23. The smallest absolute Gasteiger partial charge is 0.254 e. The number of pyridine rings is 2. The third-order valence-corrected chi connectivity index (χ3v) is 11.9. The minimum absolute atomic E-state index is 0.0974. The van der Waals surface area contributed by atoms with Crippen LogP contribution < -0.4 is 11.1 Å². The molecule has 262 valence electrons. The zero-order chi connectivity index (χ0) is 35.0. The Labute approximate surface area is 298 Å². The number of piperidine rings is 1. The predicted molar refractivity (Wildman–Crippen MR) is 197 cm³/mol. The van der Waals surface area contributed by atoms with Crippen molar-refractivity contribution in [3.05, 3.63) is 76.2 Å². The summed E-state index contributed by atoms with van der Waals surface area (Å²) < 4.78 is 21.5. The number of nitrogens with zero attached hydrogens (tertiary/aromatic N) is 6. The molecule has 7 heterocycles. The molecule has 1 unspecified atom stereocenters. The monoisotopic (exact) mass is 704 g/mol. The first kappa shape index (κ1) is 32.2. The van der Waals surface area contributed by atoms with Gasteiger partial charge < -0.3 is 25.1 Å². The van der Waals surface area contributed by atoms with Crippen LogP contribution in [-0.4, -0.2) is 59.4 Å². The minimum atomic E-state index is -0.439. The average molecular weight is 705 g/mol. The second-order valence-corrected chi connectivity index (χ2v) is 15.5. The predicted octanol–water partition coefficient (Wildman–Crippen LogP) is 7.31. The summed E-state index contributed by atoms with van der Waals surface area (Å²) in [7, 11) is 0. The first-order valence-electron chi connectivity index (χ1n) is 18.2. The molecule has 3 N–H and O–H groups in total. The highest BCUT2D eigenvalue weighted by Crippen LogP contribution is 2.43. The molecule has 51 heavy (non-hydrogen) atoms. The Bertz CT molecular complexity index is 2360. The molecule has 0 radical (unpaired) electrons. The molecule has 6 aromatic rings. The molecule has 5 aromatic heterocycles. The van der Waals surface area contributed by atoms with Crippen molar-refractivity contribution in [3.8, 4) is 11.5 Å². The number of likely N-dealkylation sites (tertiary alicyclic amines) is 1. The lowest BCUT2D eigenvalue weighted by molar-refractivity contribution is 0.0604. The number of fused-ring (bicyclic) bond motifs is 4. The first-order valence-corrected chi connectivity index (χ1v) is 19.1. The maximum atomic E-state index is 16.2. The van der Waals surface area contributed by atoms with Gasteiger partial charge in [-0.15, -0.1) is 11.3 Å². The number of amides is 2. The largest absolute Gasteiger partial charge is 0.344 e. The van der Waals surface area contributed by atoms with E-state index in [2.05, 4.69) is 16.0 Å². The number of imidazole rings is 1. The van der Waals surface area contributed by atoms with Gasteiger partial charge in [-0.3, -0.25) is 14.6 Å². The number of nitrogens with one attached hydrogen (secondary N) is 1. The van der Waals surface area contributed by atoms with Crippen LogP contribution in [0.5, 0.6) is 0 Å². The number of thiophene rings is 1. The summed E-state index contributed by atoms with van der Waals surface area (Å²) in [5, 5.41) is 6.15. The number of rotatable bonds is 3. The van der Waals surface area contributed by atoms with E-state index in [-0.39, 0.29) is 36.0 Å². The van der Waals surface area contributed by atoms with E-state index in [1.54, 1.807) is 22.3 Å². The maximum absolute atomic E-state index is 16.2. The van der Waals surface area contributed by atoms with E-state index in [0.29, 0.717) is 47.5 Å². The fourth-order valence-electron chi connectivity index (χ4n) is 8.00. The van der Waals surface area contributed by atoms with Gasteiger partial charge in [0.05, 0.1) is 44.4 Å². The van der Waals surface area contributed by atoms with E-state index in [4.69, 9.17) is 20.7 Å². The number of halogens is 1. The Morgan fingerprint density at radius 1 is 0.961 bits per heavy atom. The number of carbonyl (C=O) groups is 2. The molecule has 10 nitrogen and oxygen atoms in total. The fraction of sp³-hybridized carbons (Fsp3) is 0.410. The number of hydrogen-bond donors (Lipinski definition) is 2. The number of aromatic nitrogens is 5. The molecule has 12 heteroatoms. The van der Waals surface area contributed by atoms with Crippen LogP contribution >= 0.6 is 11.3 Å². The molecule has 1 aliphatic carbocycles. The van der Waals surface area contributed by atoms with Crippen molar-refractivity contribution in [2.45, 2.75) is 95.9 Å². The van der Waals surface area contributed by atoms with Gasteiger partial charge in [0.25, 0.3) is 11.8 Å². The number of hydrogen-bond acceptors (Lipinski definition) is 7. The number of carbonyl (C=O) groups excluding carboxylic acids is 2. The molecular formula is C39H41FN8O2S. The van der Waals surface area contributed by atoms with Gasteiger partial charge in [-0.2, -0.15) is 0 Å². The van der Waals surface area contributed by atoms with Gasteiger partial charge in [-0.25, -0.2) is 14.4 Å². The minimum Gasteiger partial charge on any atom is -0.344 e. The lowest BCUT2D eigenvalue weighted by atomic mass is 9.97. The highest BCUT2D eigenvalue weighted by molar-refractivity contribution is 7.17. The Morgan fingerprint density at radius 3 is 2.67 bits per heavy atom. The standard InChI is InChI=1S/C39H41FN8O2S/c1-21-29-12-9-23-19-33(47(36(23)44-29)14-5-3-4-8-30-26(38(49)42-21)20-34-31(43-30)13-16-51-34)37-45-32-18-24(17-27(40)35(32)48(37)25-10-11-25)39(50)46-15-6-7-28(41)22(46)2/h9,12-13,16-22,25,28H,3-8,10-11,14-15,41H2,1-2H3,(H,42,49)/t21?,22-,28-/m1/s1. The molecule has 2 fully saturated rings. The Kier molecular flexibility index (Phi) is 7.92. The van der Waals surface area contributed by atoms with Gasteiger partial charge in [-0.1, -0.05) is 6.42 Å². The average Bonchev–Trinajstić information content (AvgIpc) is 3.55. The van der Waals surface area contributed by atoms with Gasteiger partial charge in [0.2, 0.25) is 0 Å². The van der Waals surface area contributed by atoms with Crippen molar-refractivity contribution in [2.24, 2.45) is 5.73 Å². The summed E-state index contributed by atoms with van der Waals surface area (Å²) in [4.78, 5) is 44.3. The zero-order valence-electron chi connectivity index (χ0n) is 28.9. The quantitative estimate of drug-likeness (QED) is 0.199. The van der Waals surface area contributed by atoms with Crippen molar-refractivity contribution in [1.29, 1.82) is 0 Å². The van der Waals surface area contributed by atoms with E-state index < -0.39 is 5.82 Å². The molecule has 2 aliphatic heterocycles. The summed E-state index contributed by atoms with van der Waals surface area (Å²) in [5.74, 6) is -0.111. The molecule has 3 atom stereocenters. The van der Waals surface area contributed by atoms with E-state index in [1.165, 1.54) is 6.07 Å². The second-order valence-electron chi connectivity index (χ2n) is 14.5. The van der Waals surface area contributed by atoms with Gasteiger partial charge in [0, 0.05) is 42.2 Å². The molecule has 9 rings (SSSR count). The lowest BCUT2D eigenvalue weighted by Crippen LogP contribution is -2.52. The van der Waals surface area contributed by atoms with Gasteiger partial charge in [-0.05, 0) is 107 Å². The third-order valence-electron chi connectivity index (χ3n) is 11.0. The summed E-state index contributed by atoms with van der Waals surface area (Å²) in [5.41, 5.74) is 12.3. The van der Waals surface area contributed by atoms with E-state index in [9.17, 15) is 9.59 Å². The SMILES string of the molecule is CC1NC(=O)c2cc3sccc3nc2CCCCCn2c(-c3nc4cc(C(=O)N5CCC[C@@H](N)[C@H]5C)cc(F)c4n3C3CC3)cc3ccc1nc32. The van der Waals surface area contributed by atoms with Gasteiger partial charge in [0.15, 0.2) is 5.82 Å². The van der Waals surface area contributed by atoms with Crippen LogP contribution in [0.15, 0.2) is 47.8 Å². The van der Waals surface area contributed by atoms with E-state index in [1.807, 2.05) is 48.1 Å². The van der Waals surface area contributed by atoms with Crippen LogP contribution in [0, 0.1) is 5.82 Å². The Morgan fingerprint density at radius 2 is 1.82 bits per heavy atom. The normalized spacial score (nSPS) is 21.7. The molecule has 1 saturated heterocycles. The van der Waals surface area contributed by atoms with Crippen molar-refractivity contribution in [3.63, 3.8) is 0 Å². The third kappa shape index (κ3) is 5.59. The number of benzene rings is 1. The molecule has 1 saturated carbocycles. The second kappa shape index (κ2) is 12.5. The van der Waals surface area contributed by atoms with Crippen LogP contribution in [0.3, 0.4) is 0 Å². The number of nitrogens with two attached hydrogens (primary N) is 1. The highest BCUT2D eigenvalue weighted by Gasteiger charge is 2.34. The lowest BCUT2D eigenvalue weighted by Gasteiger charge is -2.37. The maximum Gasteiger partial charge on any atom is 0.254 e. The summed E-state index contributed by atoms with van der Waals surface area (Å²) >= 11 is 1.59. The highest BCUT2D eigenvalue weighted by atomic mass is 32.1. The number of aryl methyl sites for hydroxylation is 2. The van der Waals surface area contributed by atoms with Crippen molar-refractivity contribution < 1.29 is 14.0 Å². The Balaban J connectivity index is 1.12. The van der Waals surface area contributed by atoms with Crippen LogP contribution in [0.25, 0.3) is 43.8 Å². The summed E-state index contributed by atoms with van der Waals surface area (Å²) in [6, 6.07) is 12.8. The molecule has 2 bridgehead atoms. The summed E-state index contributed by atoms with van der Waals surface area (Å²) in [6.07, 6.45) is 6.98. The Hall–Kier alpha value is -4.68. The van der Waals surface area contributed by atoms with E-state index >= 15 is 4.39 Å². The van der Waals surface area contributed by atoms with Crippen molar-refractivity contribution in [1.82, 2.24) is 34.3 Å². The molecule has 0 spiro atoms. The molecule has 3 aliphatic rings. The van der Waals surface area contributed by atoms with Gasteiger partial charge in [0.1, 0.15) is 17.0 Å². The van der Waals surface area contributed by atoms with Crippen molar-refractivity contribution >= 4 is 55.4 Å². The van der Waals surface area contributed by atoms with Crippen LogP contribution in [-0.2, 0) is 13.0 Å². The van der Waals surface area contributed by atoms with Crippen LogP contribution in [0.2, 0.25) is 0 Å². The zero-order valence-corrected chi connectivity index (χ0v) is 29.7. The first-order chi connectivity index (χ1) is 24.7. The van der Waals surface area contributed by atoms with Crippen LogP contribution in [0.4, 0.5) is 4.39 Å². The van der Waals surface area contributed by atoms with E-state index in [0.717, 1.165) is 83.3 Å². The topological polar surface area (TPSA) is 124 Å². The van der Waals surface area contributed by atoms with Gasteiger partial charge >= 0.3 is 0 Å². The van der Waals surface area contributed by atoms with Crippen LogP contribution in [0.1, 0.15) is 103 Å². The molecule has 1 aromatic carbocycles.